The fraction of sp³-hybridized carbons (Fsp3) is 0.0189. The number of para-hydroxylation sites is 2. The lowest BCUT2D eigenvalue weighted by molar-refractivity contribution is 1.02. The zero-order valence-corrected chi connectivity index (χ0v) is 31.3. The minimum absolute atomic E-state index is 0.162. The van der Waals surface area contributed by atoms with E-state index in [0.717, 1.165) is 50.1 Å². The summed E-state index contributed by atoms with van der Waals surface area (Å²) in [5.74, 6) is 1.50. The van der Waals surface area contributed by atoms with Crippen molar-refractivity contribution in [3.8, 4) is 68.2 Å². The largest absolute Gasteiger partial charge is 0.309 e. The average Bonchev–Trinajstić information content (AvgIpc) is 3.82. The second-order valence-corrected chi connectivity index (χ2v) is 14.7. The molecule has 58 heavy (non-hydrogen) atoms. The first kappa shape index (κ1) is 33.4. The van der Waals surface area contributed by atoms with Crippen molar-refractivity contribution >= 4 is 21.8 Å². The van der Waals surface area contributed by atoms with E-state index < -0.39 is 0 Å². The first-order chi connectivity index (χ1) is 28.7. The highest BCUT2D eigenvalue weighted by molar-refractivity contribution is 6.14. The van der Waals surface area contributed by atoms with Crippen molar-refractivity contribution in [3.05, 3.63) is 216 Å². The summed E-state index contributed by atoms with van der Waals surface area (Å²) in [4.78, 5) is 15.0. The maximum Gasteiger partial charge on any atom is 0.164 e. The van der Waals surface area contributed by atoms with Gasteiger partial charge < -0.3 is 4.57 Å². The van der Waals surface area contributed by atoms with Gasteiger partial charge in [0.05, 0.1) is 22.7 Å². The lowest BCUT2D eigenvalue weighted by Gasteiger charge is -2.18. The predicted molar refractivity (Wildman–Crippen MR) is 233 cm³/mol. The van der Waals surface area contributed by atoms with E-state index in [-0.39, 0.29) is 5.92 Å². The summed E-state index contributed by atoms with van der Waals surface area (Å²) in [5, 5.41) is 13.4. The molecular formula is C53H33N5. The maximum atomic E-state index is 11.0. The van der Waals surface area contributed by atoms with Crippen LogP contribution in [0.25, 0.3) is 83.9 Å². The smallest absolute Gasteiger partial charge is 0.164 e. The maximum absolute atomic E-state index is 11.0. The molecule has 1 unspecified atom stereocenters. The molecule has 2 aromatic heterocycles. The van der Waals surface area contributed by atoms with Crippen molar-refractivity contribution in [2.75, 3.05) is 0 Å². The molecule has 0 spiro atoms. The van der Waals surface area contributed by atoms with Crippen LogP contribution >= 0.6 is 0 Å². The Labute approximate surface area is 335 Å². The molecule has 5 heteroatoms. The van der Waals surface area contributed by atoms with Crippen LogP contribution in [0.1, 0.15) is 28.2 Å². The average molecular weight is 740 g/mol. The van der Waals surface area contributed by atoms with Gasteiger partial charge in [-0.2, -0.15) is 5.26 Å². The molecule has 0 aliphatic heterocycles. The van der Waals surface area contributed by atoms with Gasteiger partial charge in [0, 0.05) is 39.1 Å². The number of nitrogens with zero attached hydrogens (tertiary/aromatic N) is 5. The summed E-state index contributed by atoms with van der Waals surface area (Å²) in [6.45, 7) is 0. The summed E-state index contributed by atoms with van der Waals surface area (Å²) in [7, 11) is 0. The van der Waals surface area contributed by atoms with E-state index in [0.29, 0.717) is 23.0 Å². The molecular weight excluding hydrogens is 707 g/mol. The van der Waals surface area contributed by atoms with Gasteiger partial charge in [-0.3, -0.25) is 0 Å². The molecule has 0 amide bonds. The van der Waals surface area contributed by atoms with E-state index in [1.165, 1.54) is 33.0 Å². The van der Waals surface area contributed by atoms with Crippen LogP contribution in [0.2, 0.25) is 0 Å². The third kappa shape index (κ3) is 5.43. The number of benzene rings is 8. The Kier molecular flexibility index (Phi) is 7.87. The Morgan fingerprint density at radius 2 is 0.983 bits per heavy atom. The Bertz CT molecular complexity index is 3220. The van der Waals surface area contributed by atoms with Crippen molar-refractivity contribution in [3.63, 3.8) is 0 Å². The van der Waals surface area contributed by atoms with Gasteiger partial charge >= 0.3 is 0 Å². The highest BCUT2D eigenvalue weighted by atomic mass is 15.0. The van der Waals surface area contributed by atoms with Gasteiger partial charge in [-0.1, -0.05) is 164 Å². The van der Waals surface area contributed by atoms with E-state index in [2.05, 4.69) is 150 Å². The first-order valence-electron chi connectivity index (χ1n) is 19.5. The number of nitriles is 1. The van der Waals surface area contributed by atoms with Crippen molar-refractivity contribution in [1.82, 2.24) is 19.5 Å². The van der Waals surface area contributed by atoms with Gasteiger partial charge in [-0.15, -0.1) is 0 Å². The Morgan fingerprint density at radius 1 is 0.431 bits per heavy atom. The van der Waals surface area contributed by atoms with Crippen LogP contribution in [0.3, 0.4) is 0 Å². The van der Waals surface area contributed by atoms with Crippen LogP contribution in [0.4, 0.5) is 0 Å². The third-order valence-electron chi connectivity index (χ3n) is 11.4. The fourth-order valence-electron chi connectivity index (χ4n) is 8.79. The van der Waals surface area contributed by atoms with E-state index >= 15 is 0 Å². The quantitative estimate of drug-likeness (QED) is 0.170. The SMILES string of the molecule is N#Cc1cc(-c2nc(-c3ccccc3)nc(-c3ccc(-c4ccccc4)cc3)n2)ccc1C1c2ccccc2-c2ccc3c(c21)c1ccccc1n3-c1ccccc1. The summed E-state index contributed by atoms with van der Waals surface area (Å²) in [6, 6.07) is 69.7. The molecule has 0 bridgehead atoms. The Balaban J connectivity index is 1.08. The predicted octanol–water partition coefficient (Wildman–Crippen LogP) is 12.7. The molecule has 0 N–H and O–H groups in total. The Hall–Kier alpha value is -7.94. The van der Waals surface area contributed by atoms with E-state index in [4.69, 9.17) is 15.0 Å². The molecule has 8 aromatic carbocycles. The molecule has 5 nitrogen and oxygen atoms in total. The van der Waals surface area contributed by atoms with Crippen LogP contribution in [-0.2, 0) is 0 Å². The van der Waals surface area contributed by atoms with E-state index in [9.17, 15) is 5.26 Å². The van der Waals surface area contributed by atoms with Gasteiger partial charge in [0.2, 0.25) is 0 Å². The van der Waals surface area contributed by atoms with E-state index in [1.54, 1.807) is 0 Å². The summed E-state index contributed by atoms with van der Waals surface area (Å²) < 4.78 is 2.36. The van der Waals surface area contributed by atoms with Crippen LogP contribution in [-0.4, -0.2) is 19.5 Å². The molecule has 2 heterocycles. The van der Waals surface area contributed by atoms with Crippen molar-refractivity contribution < 1.29 is 0 Å². The van der Waals surface area contributed by atoms with Crippen LogP contribution in [0, 0.1) is 11.3 Å². The molecule has 0 fully saturated rings. The van der Waals surface area contributed by atoms with Crippen molar-refractivity contribution in [1.29, 1.82) is 5.26 Å². The highest BCUT2D eigenvalue weighted by Crippen LogP contribution is 2.53. The van der Waals surface area contributed by atoms with Crippen LogP contribution < -0.4 is 0 Å². The minimum atomic E-state index is -0.162. The summed E-state index contributed by atoms with van der Waals surface area (Å²) >= 11 is 0. The monoisotopic (exact) mass is 739 g/mol. The molecule has 1 aliphatic carbocycles. The minimum Gasteiger partial charge on any atom is -0.309 e. The third-order valence-corrected chi connectivity index (χ3v) is 11.4. The molecule has 10 aromatic rings. The number of rotatable bonds is 6. The topological polar surface area (TPSA) is 67.4 Å². The van der Waals surface area contributed by atoms with Gasteiger partial charge in [0.25, 0.3) is 0 Å². The Morgan fingerprint density at radius 3 is 1.71 bits per heavy atom. The lowest BCUT2D eigenvalue weighted by Crippen LogP contribution is -2.04. The molecule has 1 atom stereocenters. The van der Waals surface area contributed by atoms with Crippen LogP contribution in [0.15, 0.2) is 194 Å². The molecule has 0 radical (unpaired) electrons. The number of hydrogen-bond acceptors (Lipinski definition) is 4. The second-order valence-electron chi connectivity index (χ2n) is 14.7. The van der Waals surface area contributed by atoms with E-state index in [1.807, 2.05) is 54.6 Å². The van der Waals surface area contributed by atoms with Gasteiger partial charge in [0.15, 0.2) is 17.5 Å². The number of hydrogen-bond donors (Lipinski definition) is 0. The van der Waals surface area contributed by atoms with Crippen molar-refractivity contribution in [2.45, 2.75) is 5.92 Å². The van der Waals surface area contributed by atoms with Crippen LogP contribution in [0.5, 0.6) is 0 Å². The van der Waals surface area contributed by atoms with Crippen molar-refractivity contribution in [2.24, 2.45) is 0 Å². The highest BCUT2D eigenvalue weighted by Gasteiger charge is 2.35. The molecule has 1 aliphatic rings. The molecule has 11 rings (SSSR count). The zero-order chi connectivity index (χ0) is 38.6. The van der Waals surface area contributed by atoms with Gasteiger partial charge in [-0.05, 0) is 69.3 Å². The number of fused-ring (bicyclic) bond motifs is 7. The summed E-state index contributed by atoms with van der Waals surface area (Å²) in [6.07, 6.45) is 0. The van der Waals surface area contributed by atoms with Gasteiger partial charge in [-0.25, -0.2) is 15.0 Å². The molecule has 0 saturated heterocycles. The normalized spacial score (nSPS) is 13.0. The number of aromatic nitrogens is 4. The fourth-order valence-corrected chi connectivity index (χ4v) is 8.79. The standard InChI is InChI=1S/C53H33N5/c54-33-39-32-38(53-56-51(36-16-6-2-7-17-36)55-52(57-53)37-26-24-35(25-27-37)34-14-4-1-5-15-34)28-29-41(39)48-43-21-11-10-20-42(43)44-30-31-47-49(50(44)48)45-22-12-13-23-46(45)58(47)40-18-8-3-9-19-40/h1-32,48H. The molecule has 0 saturated carbocycles. The summed E-state index contributed by atoms with van der Waals surface area (Å²) in [5.41, 5.74) is 14.6. The molecule has 270 valence electrons. The van der Waals surface area contributed by atoms with Gasteiger partial charge in [0.1, 0.15) is 0 Å². The second kappa shape index (κ2) is 13.7. The first-order valence-corrected chi connectivity index (χ1v) is 19.5. The zero-order valence-electron chi connectivity index (χ0n) is 31.3. The lowest BCUT2D eigenvalue weighted by atomic mass is 9.84.